The standard InChI is InChI=1S/C11H8FN3O2/c1-7-14-11(17-15-7)6-16-10-3-2-8(5-13)4-9(10)12/h2-4H,6H2,1H3. The molecule has 0 radical (unpaired) electrons. The van der Waals surface area contributed by atoms with Crippen molar-refractivity contribution in [1.82, 2.24) is 10.1 Å². The van der Waals surface area contributed by atoms with Crippen molar-refractivity contribution in [3.63, 3.8) is 0 Å². The molecule has 6 heteroatoms. The summed E-state index contributed by atoms with van der Waals surface area (Å²) >= 11 is 0. The number of hydrogen-bond donors (Lipinski definition) is 0. The first-order valence-electron chi connectivity index (χ1n) is 4.80. The SMILES string of the molecule is Cc1noc(COc2ccc(C#N)cc2F)n1. The molecule has 0 atom stereocenters. The van der Waals surface area contributed by atoms with Crippen LogP contribution in [0.5, 0.6) is 5.75 Å². The van der Waals surface area contributed by atoms with Gasteiger partial charge in [-0.3, -0.25) is 0 Å². The third kappa shape index (κ3) is 2.58. The van der Waals surface area contributed by atoms with Crippen molar-refractivity contribution in [2.24, 2.45) is 0 Å². The summed E-state index contributed by atoms with van der Waals surface area (Å²) in [5.74, 6) is 0.204. The number of aryl methyl sites for hydroxylation is 1. The normalized spacial score (nSPS) is 9.94. The second kappa shape index (κ2) is 4.61. The molecule has 0 aliphatic carbocycles. The van der Waals surface area contributed by atoms with E-state index in [2.05, 4.69) is 10.1 Å². The van der Waals surface area contributed by atoms with Gasteiger partial charge in [0.1, 0.15) is 0 Å². The Morgan fingerprint density at radius 1 is 1.53 bits per heavy atom. The highest BCUT2D eigenvalue weighted by Crippen LogP contribution is 2.18. The lowest BCUT2D eigenvalue weighted by molar-refractivity contribution is 0.234. The molecule has 2 rings (SSSR count). The van der Waals surface area contributed by atoms with E-state index in [1.54, 1.807) is 6.92 Å². The summed E-state index contributed by atoms with van der Waals surface area (Å²) in [7, 11) is 0. The molecule has 17 heavy (non-hydrogen) atoms. The predicted molar refractivity (Wildman–Crippen MR) is 54.5 cm³/mol. The minimum atomic E-state index is -0.597. The monoisotopic (exact) mass is 233 g/mol. The molecule has 1 aromatic heterocycles. The van der Waals surface area contributed by atoms with E-state index in [1.165, 1.54) is 12.1 Å². The fourth-order valence-electron chi connectivity index (χ4n) is 1.23. The molecule has 0 N–H and O–H groups in total. The van der Waals surface area contributed by atoms with Crippen LogP contribution in [0.3, 0.4) is 0 Å². The van der Waals surface area contributed by atoms with E-state index in [1.807, 2.05) is 6.07 Å². The van der Waals surface area contributed by atoms with Gasteiger partial charge in [-0.2, -0.15) is 10.2 Å². The molecule has 2 aromatic rings. The number of benzene rings is 1. The van der Waals surface area contributed by atoms with Crippen LogP contribution in [0.2, 0.25) is 0 Å². The Balaban J connectivity index is 2.07. The number of ether oxygens (including phenoxy) is 1. The maximum Gasteiger partial charge on any atom is 0.264 e. The summed E-state index contributed by atoms with van der Waals surface area (Å²) in [6.45, 7) is 1.67. The first kappa shape index (κ1) is 11.1. The lowest BCUT2D eigenvalue weighted by atomic mass is 10.2. The maximum atomic E-state index is 13.4. The highest BCUT2D eigenvalue weighted by Gasteiger charge is 2.08. The van der Waals surface area contributed by atoms with Gasteiger partial charge < -0.3 is 9.26 Å². The lowest BCUT2D eigenvalue weighted by Crippen LogP contribution is -1.98. The molecule has 0 bridgehead atoms. The van der Waals surface area contributed by atoms with Crippen molar-refractivity contribution < 1.29 is 13.7 Å². The molecule has 5 nitrogen and oxygen atoms in total. The molecular formula is C11H8FN3O2. The smallest absolute Gasteiger partial charge is 0.264 e. The van der Waals surface area contributed by atoms with Crippen molar-refractivity contribution in [2.75, 3.05) is 0 Å². The average Bonchev–Trinajstić information content (AvgIpc) is 2.73. The molecule has 0 saturated heterocycles. The van der Waals surface area contributed by atoms with E-state index in [0.29, 0.717) is 5.82 Å². The third-order valence-electron chi connectivity index (χ3n) is 1.98. The fourth-order valence-corrected chi connectivity index (χ4v) is 1.23. The Labute approximate surface area is 96.4 Å². The molecule has 1 aromatic carbocycles. The number of rotatable bonds is 3. The number of halogens is 1. The van der Waals surface area contributed by atoms with Crippen LogP contribution < -0.4 is 4.74 Å². The molecule has 0 fully saturated rings. The fraction of sp³-hybridized carbons (Fsp3) is 0.182. The Hall–Kier alpha value is -2.42. The summed E-state index contributed by atoms with van der Waals surface area (Å²) in [5.41, 5.74) is 0.239. The summed E-state index contributed by atoms with van der Waals surface area (Å²) in [6, 6.07) is 5.80. The first-order valence-corrected chi connectivity index (χ1v) is 4.80. The van der Waals surface area contributed by atoms with Crippen LogP contribution in [0.4, 0.5) is 4.39 Å². The van der Waals surface area contributed by atoms with Gasteiger partial charge in [0.05, 0.1) is 11.6 Å². The molecule has 0 aliphatic heterocycles. The van der Waals surface area contributed by atoms with Crippen LogP contribution in [0.15, 0.2) is 22.7 Å². The Morgan fingerprint density at radius 2 is 2.35 bits per heavy atom. The Morgan fingerprint density at radius 3 is 2.94 bits per heavy atom. The van der Waals surface area contributed by atoms with Crippen LogP contribution in [0, 0.1) is 24.1 Å². The van der Waals surface area contributed by atoms with Gasteiger partial charge in [-0.15, -0.1) is 0 Å². The zero-order valence-electron chi connectivity index (χ0n) is 8.98. The van der Waals surface area contributed by atoms with Gasteiger partial charge in [0.15, 0.2) is 24.0 Å². The molecule has 0 aliphatic rings. The first-order chi connectivity index (χ1) is 8.19. The maximum absolute atomic E-state index is 13.4. The van der Waals surface area contributed by atoms with Crippen LogP contribution >= 0.6 is 0 Å². The van der Waals surface area contributed by atoms with E-state index in [4.69, 9.17) is 14.5 Å². The summed E-state index contributed by atoms with van der Waals surface area (Å²) < 4.78 is 23.4. The van der Waals surface area contributed by atoms with Gasteiger partial charge in [0.25, 0.3) is 5.89 Å². The van der Waals surface area contributed by atoms with Crippen molar-refractivity contribution in [1.29, 1.82) is 5.26 Å². The number of hydrogen-bond acceptors (Lipinski definition) is 5. The Kier molecular flexibility index (Phi) is 3.01. The third-order valence-corrected chi connectivity index (χ3v) is 1.98. The highest BCUT2D eigenvalue weighted by atomic mass is 19.1. The number of nitrogens with zero attached hydrogens (tertiary/aromatic N) is 3. The molecule has 0 saturated carbocycles. The Bertz CT molecular complexity index is 574. The van der Waals surface area contributed by atoms with Crippen LogP contribution in [-0.4, -0.2) is 10.1 Å². The van der Waals surface area contributed by atoms with E-state index in [0.717, 1.165) is 6.07 Å². The topological polar surface area (TPSA) is 71.9 Å². The minimum absolute atomic E-state index is 0.0103. The van der Waals surface area contributed by atoms with Crippen LogP contribution in [0.25, 0.3) is 0 Å². The predicted octanol–water partition coefficient (Wildman–Crippen LogP) is 1.97. The molecule has 0 spiro atoms. The van der Waals surface area contributed by atoms with Crippen molar-refractivity contribution >= 4 is 0 Å². The van der Waals surface area contributed by atoms with Crippen molar-refractivity contribution in [2.45, 2.75) is 13.5 Å². The zero-order valence-corrected chi connectivity index (χ0v) is 8.98. The molecule has 0 unspecified atom stereocenters. The number of aromatic nitrogens is 2. The van der Waals surface area contributed by atoms with E-state index in [-0.39, 0.29) is 23.8 Å². The average molecular weight is 233 g/mol. The second-order valence-corrected chi connectivity index (χ2v) is 3.28. The van der Waals surface area contributed by atoms with Gasteiger partial charge in [0.2, 0.25) is 0 Å². The molecule has 86 valence electrons. The highest BCUT2D eigenvalue weighted by molar-refractivity contribution is 5.35. The van der Waals surface area contributed by atoms with Gasteiger partial charge >= 0.3 is 0 Å². The summed E-state index contributed by atoms with van der Waals surface area (Å²) in [5, 5.41) is 12.1. The van der Waals surface area contributed by atoms with Crippen molar-refractivity contribution in [3.05, 3.63) is 41.3 Å². The van der Waals surface area contributed by atoms with Gasteiger partial charge in [-0.1, -0.05) is 5.16 Å². The molecular weight excluding hydrogens is 225 g/mol. The molecule has 0 amide bonds. The summed E-state index contributed by atoms with van der Waals surface area (Å²) in [4.78, 5) is 3.91. The van der Waals surface area contributed by atoms with Crippen molar-refractivity contribution in [3.8, 4) is 11.8 Å². The van der Waals surface area contributed by atoms with Crippen LogP contribution in [-0.2, 0) is 6.61 Å². The minimum Gasteiger partial charge on any atom is -0.481 e. The summed E-state index contributed by atoms with van der Waals surface area (Å²) in [6.07, 6.45) is 0. The van der Waals surface area contributed by atoms with Gasteiger partial charge in [-0.25, -0.2) is 4.39 Å². The van der Waals surface area contributed by atoms with Gasteiger partial charge in [-0.05, 0) is 25.1 Å². The molecule has 1 heterocycles. The van der Waals surface area contributed by atoms with E-state index in [9.17, 15) is 4.39 Å². The number of nitriles is 1. The largest absolute Gasteiger partial charge is 0.481 e. The van der Waals surface area contributed by atoms with E-state index >= 15 is 0 Å². The zero-order chi connectivity index (χ0) is 12.3. The van der Waals surface area contributed by atoms with Gasteiger partial charge in [0, 0.05) is 0 Å². The quantitative estimate of drug-likeness (QED) is 0.810. The van der Waals surface area contributed by atoms with E-state index < -0.39 is 5.82 Å². The lowest BCUT2D eigenvalue weighted by Gasteiger charge is -2.04. The van der Waals surface area contributed by atoms with Crippen LogP contribution in [0.1, 0.15) is 17.3 Å². The second-order valence-electron chi connectivity index (χ2n) is 3.28.